The van der Waals surface area contributed by atoms with Crippen LogP contribution in [0.1, 0.15) is 40.5 Å². The zero-order valence-corrected chi connectivity index (χ0v) is 15.6. The number of ketones is 1. The average molecular weight is 370 g/mol. The molecule has 3 fully saturated rings. The highest BCUT2D eigenvalue weighted by Gasteiger charge is 2.34. The van der Waals surface area contributed by atoms with Gasteiger partial charge in [0.25, 0.3) is 5.91 Å². The van der Waals surface area contributed by atoms with Gasteiger partial charge in [0.2, 0.25) is 0 Å². The van der Waals surface area contributed by atoms with E-state index in [0.717, 1.165) is 11.4 Å². The Balaban J connectivity index is 1.37. The van der Waals surface area contributed by atoms with Gasteiger partial charge in [0.05, 0.1) is 5.56 Å². The van der Waals surface area contributed by atoms with Crippen LogP contribution in [-0.4, -0.2) is 42.3 Å². The van der Waals surface area contributed by atoms with Crippen LogP contribution in [0.5, 0.6) is 0 Å². The Bertz CT molecular complexity index is 807. The molecule has 5 rings (SSSR count). The summed E-state index contributed by atoms with van der Waals surface area (Å²) in [5.41, 5.74) is 1.25. The van der Waals surface area contributed by atoms with E-state index in [1.165, 1.54) is 50.9 Å². The van der Waals surface area contributed by atoms with Gasteiger partial charge in [-0.25, -0.2) is 0 Å². The second-order valence-corrected chi connectivity index (χ2v) is 8.13. The maximum atomic E-state index is 12.5. The lowest BCUT2D eigenvalue weighted by Crippen LogP contribution is -2.57. The second-order valence-electron chi connectivity index (χ2n) is 7.06. The molecule has 3 aliphatic heterocycles. The van der Waals surface area contributed by atoms with Crippen LogP contribution in [0.4, 0.5) is 0 Å². The fourth-order valence-electron chi connectivity index (χ4n) is 3.73. The highest BCUT2D eigenvalue weighted by molar-refractivity contribution is 7.99. The Morgan fingerprint density at radius 1 is 1.15 bits per heavy atom. The highest BCUT2D eigenvalue weighted by atomic mass is 32.2. The number of carbonyl (C=O) groups excluding carboxylic acids is 2. The van der Waals surface area contributed by atoms with Crippen LogP contribution in [0.25, 0.3) is 0 Å². The normalized spacial score (nSPS) is 24.4. The molecule has 26 heavy (non-hydrogen) atoms. The molecule has 4 heterocycles. The number of Topliss-reactive ketones (excluding diaryl/α,β-unsaturated/α-hetero) is 1. The van der Waals surface area contributed by atoms with Gasteiger partial charge in [-0.15, -0.1) is 0 Å². The molecule has 5 nitrogen and oxygen atoms in total. The van der Waals surface area contributed by atoms with E-state index in [0.29, 0.717) is 22.1 Å². The molecular weight excluding hydrogens is 348 g/mol. The van der Waals surface area contributed by atoms with E-state index in [-0.39, 0.29) is 17.7 Å². The number of nitrogens with zero attached hydrogens (tertiary/aromatic N) is 1. The summed E-state index contributed by atoms with van der Waals surface area (Å²) >= 11 is 1.43. The molecule has 0 aliphatic carbocycles. The van der Waals surface area contributed by atoms with E-state index in [2.05, 4.69) is 10.2 Å². The average Bonchev–Trinajstić information content (AvgIpc) is 3.12. The minimum absolute atomic E-state index is 0.00263. The topological polar surface area (TPSA) is 62.6 Å². The Kier molecular flexibility index (Phi) is 4.87. The van der Waals surface area contributed by atoms with Crippen LogP contribution >= 0.6 is 11.8 Å². The van der Waals surface area contributed by atoms with Crippen molar-refractivity contribution in [3.8, 4) is 0 Å². The first kappa shape index (κ1) is 17.4. The lowest BCUT2D eigenvalue weighted by atomic mass is 9.84. The monoisotopic (exact) mass is 370 g/mol. The molecule has 0 saturated carbocycles. The molecule has 6 heteroatoms. The van der Waals surface area contributed by atoms with Crippen LogP contribution in [0, 0.1) is 5.92 Å². The second kappa shape index (κ2) is 7.29. The van der Waals surface area contributed by atoms with Crippen molar-refractivity contribution in [3.63, 3.8) is 0 Å². The van der Waals surface area contributed by atoms with E-state index in [1.807, 2.05) is 24.3 Å². The molecule has 136 valence electrons. The molecule has 1 atom stereocenters. The number of piperidine rings is 3. The molecule has 1 aromatic heterocycles. The predicted octanol–water partition coefficient (Wildman–Crippen LogP) is 3.46. The summed E-state index contributed by atoms with van der Waals surface area (Å²) in [6, 6.07) is 9.51. The van der Waals surface area contributed by atoms with Gasteiger partial charge in [0.15, 0.2) is 10.9 Å². The molecule has 1 N–H and O–H groups in total. The minimum Gasteiger partial charge on any atom is -0.457 e. The van der Waals surface area contributed by atoms with Gasteiger partial charge in [-0.1, -0.05) is 11.8 Å². The van der Waals surface area contributed by atoms with E-state index in [4.69, 9.17) is 4.42 Å². The number of furan rings is 1. The highest BCUT2D eigenvalue weighted by Crippen LogP contribution is 2.30. The first-order valence-electron chi connectivity index (χ1n) is 8.99. The summed E-state index contributed by atoms with van der Waals surface area (Å²) in [6.07, 6.45) is 3.85. The summed E-state index contributed by atoms with van der Waals surface area (Å²) in [5, 5.41) is 3.87. The molecule has 0 spiro atoms. The lowest BCUT2D eigenvalue weighted by molar-refractivity contribution is 0.0620. The Hall–Kier alpha value is -2.05. The molecule has 1 amide bonds. The third-order valence-electron chi connectivity index (χ3n) is 5.29. The van der Waals surface area contributed by atoms with Crippen LogP contribution in [-0.2, 0) is 0 Å². The number of hydrogen-bond donors (Lipinski definition) is 1. The fraction of sp³-hybridized carbons (Fsp3) is 0.400. The van der Waals surface area contributed by atoms with E-state index < -0.39 is 0 Å². The van der Waals surface area contributed by atoms with Crippen molar-refractivity contribution in [3.05, 3.63) is 47.7 Å². The van der Waals surface area contributed by atoms with Crippen molar-refractivity contribution in [2.45, 2.75) is 35.8 Å². The number of benzene rings is 1. The van der Waals surface area contributed by atoms with Crippen LogP contribution in [0.15, 0.2) is 51.0 Å². The van der Waals surface area contributed by atoms with E-state index >= 15 is 0 Å². The Morgan fingerprint density at radius 3 is 2.46 bits per heavy atom. The third-order valence-corrected chi connectivity index (χ3v) is 6.21. The number of carbonyl (C=O) groups is 2. The van der Waals surface area contributed by atoms with Crippen LogP contribution in [0.2, 0.25) is 0 Å². The molecule has 3 aliphatic rings. The van der Waals surface area contributed by atoms with Crippen molar-refractivity contribution < 1.29 is 14.0 Å². The number of nitrogens with one attached hydrogen (secondary N) is 1. The fourth-order valence-corrected chi connectivity index (χ4v) is 4.51. The van der Waals surface area contributed by atoms with Gasteiger partial charge < -0.3 is 14.6 Å². The van der Waals surface area contributed by atoms with Crippen LogP contribution < -0.4 is 5.32 Å². The summed E-state index contributed by atoms with van der Waals surface area (Å²) in [5.74, 6) is 0.603. The number of hydrogen-bond acceptors (Lipinski definition) is 5. The van der Waals surface area contributed by atoms with Gasteiger partial charge in [0, 0.05) is 29.1 Å². The first-order chi connectivity index (χ1) is 12.6. The SMILES string of the molecule is CC(=O)c1coc(Sc2ccc(C(=O)NC3CN4CCC3CC4)cc2)c1. The zero-order chi connectivity index (χ0) is 18.1. The maximum Gasteiger partial charge on any atom is 0.251 e. The molecular formula is C20H22N2O3S. The Labute approximate surface area is 157 Å². The predicted molar refractivity (Wildman–Crippen MR) is 99.7 cm³/mol. The number of fused-ring (bicyclic) bond motifs is 3. The van der Waals surface area contributed by atoms with Crippen LogP contribution in [0.3, 0.4) is 0 Å². The number of amides is 1. The van der Waals surface area contributed by atoms with Crippen molar-refractivity contribution in [2.75, 3.05) is 19.6 Å². The molecule has 3 saturated heterocycles. The summed E-state index contributed by atoms with van der Waals surface area (Å²) in [4.78, 5) is 27.3. The van der Waals surface area contributed by atoms with Crippen molar-refractivity contribution in [1.29, 1.82) is 0 Å². The summed E-state index contributed by atoms with van der Waals surface area (Å²) in [7, 11) is 0. The van der Waals surface area contributed by atoms with Gasteiger partial charge in [-0.05, 0) is 63.0 Å². The smallest absolute Gasteiger partial charge is 0.251 e. The van der Waals surface area contributed by atoms with E-state index in [1.54, 1.807) is 6.07 Å². The quantitative estimate of drug-likeness (QED) is 0.817. The molecule has 2 aromatic rings. The first-order valence-corrected chi connectivity index (χ1v) is 9.81. The van der Waals surface area contributed by atoms with E-state index in [9.17, 15) is 9.59 Å². The zero-order valence-electron chi connectivity index (χ0n) is 14.7. The Morgan fingerprint density at radius 2 is 1.88 bits per heavy atom. The molecule has 2 bridgehead atoms. The summed E-state index contributed by atoms with van der Waals surface area (Å²) in [6.45, 7) is 4.82. The molecule has 0 radical (unpaired) electrons. The van der Waals surface area contributed by atoms with Gasteiger partial charge in [-0.3, -0.25) is 9.59 Å². The largest absolute Gasteiger partial charge is 0.457 e. The van der Waals surface area contributed by atoms with Crippen molar-refractivity contribution in [1.82, 2.24) is 10.2 Å². The van der Waals surface area contributed by atoms with Crippen molar-refractivity contribution >= 4 is 23.5 Å². The maximum absolute atomic E-state index is 12.5. The molecule has 1 unspecified atom stereocenters. The van der Waals surface area contributed by atoms with Gasteiger partial charge in [0.1, 0.15) is 6.26 Å². The third kappa shape index (κ3) is 3.71. The van der Waals surface area contributed by atoms with Gasteiger partial charge >= 0.3 is 0 Å². The number of rotatable bonds is 5. The lowest BCUT2D eigenvalue weighted by Gasteiger charge is -2.44. The standard InChI is InChI=1S/C20H22N2O3S/c1-13(23)16-10-19(25-12-16)26-17-4-2-15(3-5-17)20(24)21-18-11-22-8-6-14(18)7-9-22/h2-5,10,12,14,18H,6-9,11H2,1H3,(H,21,24). The van der Waals surface area contributed by atoms with Crippen molar-refractivity contribution in [2.24, 2.45) is 5.92 Å². The van der Waals surface area contributed by atoms with Gasteiger partial charge in [-0.2, -0.15) is 0 Å². The molecule has 1 aromatic carbocycles. The minimum atomic E-state index is -0.0136. The summed E-state index contributed by atoms with van der Waals surface area (Å²) < 4.78 is 5.39.